The van der Waals surface area contributed by atoms with Crippen LogP contribution in [-0.4, -0.2) is 44.3 Å². The third kappa shape index (κ3) is 4.22. The molecule has 1 aliphatic heterocycles. The fraction of sp³-hybridized carbons (Fsp3) is 0.455. The summed E-state index contributed by atoms with van der Waals surface area (Å²) in [6.07, 6.45) is 5.62. The maximum atomic E-state index is 11.5. The van der Waals surface area contributed by atoms with Gasteiger partial charge in [-0.3, -0.25) is 0 Å². The fourth-order valence-corrected chi connectivity index (χ4v) is 5.70. The van der Waals surface area contributed by atoms with Crippen molar-refractivity contribution in [1.82, 2.24) is 14.7 Å². The molecule has 1 saturated heterocycles. The van der Waals surface area contributed by atoms with Gasteiger partial charge in [0, 0.05) is 36.5 Å². The van der Waals surface area contributed by atoms with Crippen molar-refractivity contribution in [1.29, 1.82) is 0 Å². The third-order valence-electron chi connectivity index (χ3n) is 5.91. The minimum Gasteiger partial charge on any atom is -0.356 e. The molecule has 0 radical (unpaired) electrons. The molecular weight excluding hydrogens is 416 g/mol. The molecule has 2 aromatic heterocycles. The van der Waals surface area contributed by atoms with Crippen LogP contribution in [0.1, 0.15) is 37.4 Å². The van der Waals surface area contributed by atoms with Crippen molar-refractivity contribution in [3.63, 3.8) is 0 Å². The standard InChI is InChI=1S/C22H26N4O2S2/c1-30(27,28)23-12-15-6-5-11-26(13-15)21-19-18(16-7-3-2-4-8-16)14-29-22(19)25-20(24-21)17-9-10-17/h2-4,7-8,14-15,17,23H,5-6,9-13H2,1H3. The van der Waals surface area contributed by atoms with Gasteiger partial charge >= 0.3 is 0 Å². The largest absolute Gasteiger partial charge is 0.356 e. The van der Waals surface area contributed by atoms with E-state index in [2.05, 4.69) is 39.3 Å². The van der Waals surface area contributed by atoms with Crippen LogP contribution in [0.3, 0.4) is 0 Å². The van der Waals surface area contributed by atoms with Crippen molar-refractivity contribution in [2.75, 3.05) is 30.8 Å². The summed E-state index contributed by atoms with van der Waals surface area (Å²) in [6.45, 7) is 2.23. The number of fused-ring (bicyclic) bond motifs is 1. The lowest BCUT2D eigenvalue weighted by Gasteiger charge is -2.34. The lowest BCUT2D eigenvalue weighted by molar-refractivity contribution is 0.410. The third-order valence-corrected chi connectivity index (χ3v) is 7.48. The number of piperidine rings is 1. The number of rotatable bonds is 6. The quantitative estimate of drug-likeness (QED) is 0.624. The van der Waals surface area contributed by atoms with E-state index < -0.39 is 10.0 Å². The van der Waals surface area contributed by atoms with Crippen LogP contribution >= 0.6 is 11.3 Å². The van der Waals surface area contributed by atoms with Crippen molar-refractivity contribution in [2.45, 2.75) is 31.6 Å². The van der Waals surface area contributed by atoms with E-state index in [-0.39, 0.29) is 5.92 Å². The van der Waals surface area contributed by atoms with Crippen LogP contribution in [0.25, 0.3) is 21.3 Å². The van der Waals surface area contributed by atoms with Gasteiger partial charge in [0.05, 0.1) is 11.6 Å². The Morgan fingerprint density at radius 3 is 2.70 bits per heavy atom. The summed E-state index contributed by atoms with van der Waals surface area (Å²) in [7, 11) is -3.18. The van der Waals surface area contributed by atoms with Gasteiger partial charge in [-0.1, -0.05) is 30.3 Å². The number of sulfonamides is 1. The first-order valence-electron chi connectivity index (χ1n) is 10.5. The summed E-state index contributed by atoms with van der Waals surface area (Å²) < 4.78 is 25.8. The van der Waals surface area contributed by atoms with Gasteiger partial charge in [-0.15, -0.1) is 11.3 Å². The number of hydrogen-bond donors (Lipinski definition) is 1. The summed E-state index contributed by atoms with van der Waals surface area (Å²) in [5.41, 5.74) is 2.37. The molecule has 0 bridgehead atoms. The van der Waals surface area contributed by atoms with Crippen molar-refractivity contribution < 1.29 is 8.42 Å². The van der Waals surface area contributed by atoms with E-state index in [1.807, 2.05) is 6.07 Å². The van der Waals surface area contributed by atoms with Crippen LogP contribution in [0, 0.1) is 5.92 Å². The Labute approximate surface area is 181 Å². The van der Waals surface area contributed by atoms with Gasteiger partial charge in [0.2, 0.25) is 10.0 Å². The summed E-state index contributed by atoms with van der Waals surface area (Å²) in [6, 6.07) is 10.4. The Hall–Kier alpha value is -2.03. The average molecular weight is 443 g/mol. The second-order valence-corrected chi connectivity index (χ2v) is 11.1. The predicted octanol–water partition coefficient (Wildman–Crippen LogP) is 4.00. The first-order valence-corrected chi connectivity index (χ1v) is 13.3. The minimum atomic E-state index is -3.18. The van der Waals surface area contributed by atoms with E-state index >= 15 is 0 Å². The fourth-order valence-electron chi connectivity index (χ4n) is 4.22. The SMILES string of the molecule is CS(=O)(=O)NCC1CCCN(c2nc(C3CC3)nc3scc(-c4ccccc4)c23)C1. The Bertz CT molecular complexity index is 1160. The topological polar surface area (TPSA) is 75.2 Å². The molecular formula is C22H26N4O2S2. The maximum absolute atomic E-state index is 11.5. The molecule has 158 valence electrons. The normalized spacial score (nSPS) is 20.0. The molecule has 2 fully saturated rings. The van der Waals surface area contributed by atoms with Gasteiger partial charge in [0.1, 0.15) is 16.5 Å². The number of nitrogens with one attached hydrogen (secondary N) is 1. The molecule has 1 atom stereocenters. The lowest BCUT2D eigenvalue weighted by atomic mass is 9.97. The van der Waals surface area contributed by atoms with Crippen molar-refractivity contribution in [2.24, 2.45) is 5.92 Å². The van der Waals surface area contributed by atoms with E-state index in [0.717, 1.165) is 47.8 Å². The van der Waals surface area contributed by atoms with Crippen LogP contribution < -0.4 is 9.62 Å². The summed E-state index contributed by atoms with van der Waals surface area (Å²) in [5.74, 6) is 2.76. The number of benzene rings is 1. The zero-order chi connectivity index (χ0) is 20.7. The van der Waals surface area contributed by atoms with E-state index in [9.17, 15) is 8.42 Å². The van der Waals surface area contributed by atoms with Gasteiger partial charge in [-0.2, -0.15) is 0 Å². The molecule has 3 aromatic rings. The number of hydrogen-bond acceptors (Lipinski definition) is 6. The molecule has 6 nitrogen and oxygen atoms in total. The van der Waals surface area contributed by atoms with Crippen LogP contribution in [0.4, 0.5) is 5.82 Å². The summed E-state index contributed by atoms with van der Waals surface area (Å²) in [4.78, 5) is 13.4. The second kappa shape index (κ2) is 7.90. The minimum absolute atomic E-state index is 0.279. The highest BCUT2D eigenvalue weighted by molar-refractivity contribution is 7.88. The summed E-state index contributed by atoms with van der Waals surface area (Å²) in [5, 5.41) is 3.33. The van der Waals surface area contributed by atoms with E-state index in [4.69, 9.17) is 9.97 Å². The molecule has 3 heterocycles. The lowest BCUT2D eigenvalue weighted by Crippen LogP contribution is -2.41. The molecule has 0 amide bonds. The molecule has 1 saturated carbocycles. The Morgan fingerprint density at radius 2 is 1.97 bits per heavy atom. The molecule has 8 heteroatoms. The smallest absolute Gasteiger partial charge is 0.208 e. The monoisotopic (exact) mass is 442 g/mol. The molecule has 1 aliphatic carbocycles. The predicted molar refractivity (Wildman–Crippen MR) is 123 cm³/mol. The highest BCUT2D eigenvalue weighted by Crippen LogP contribution is 2.44. The Kier molecular flexibility index (Phi) is 5.24. The molecule has 1 unspecified atom stereocenters. The molecule has 0 spiro atoms. The Morgan fingerprint density at radius 1 is 1.17 bits per heavy atom. The van der Waals surface area contributed by atoms with E-state index in [0.29, 0.717) is 12.5 Å². The second-order valence-electron chi connectivity index (χ2n) is 8.45. The first-order chi connectivity index (χ1) is 14.5. The molecule has 5 rings (SSSR count). The van der Waals surface area contributed by atoms with Crippen LogP contribution in [0.5, 0.6) is 0 Å². The Balaban J connectivity index is 1.54. The van der Waals surface area contributed by atoms with Crippen LogP contribution in [0.2, 0.25) is 0 Å². The van der Waals surface area contributed by atoms with E-state index in [1.165, 1.54) is 30.2 Å². The number of anilines is 1. The summed E-state index contributed by atoms with van der Waals surface area (Å²) >= 11 is 1.69. The van der Waals surface area contributed by atoms with Crippen molar-refractivity contribution >= 4 is 37.4 Å². The van der Waals surface area contributed by atoms with E-state index in [1.54, 1.807) is 11.3 Å². The highest BCUT2D eigenvalue weighted by Gasteiger charge is 2.31. The zero-order valence-corrected chi connectivity index (χ0v) is 18.7. The van der Waals surface area contributed by atoms with Crippen LogP contribution in [-0.2, 0) is 10.0 Å². The average Bonchev–Trinajstić information content (AvgIpc) is 3.51. The number of thiophene rings is 1. The van der Waals surface area contributed by atoms with Gasteiger partial charge in [0.15, 0.2) is 0 Å². The molecule has 30 heavy (non-hydrogen) atoms. The van der Waals surface area contributed by atoms with Gasteiger partial charge in [0.25, 0.3) is 0 Å². The van der Waals surface area contributed by atoms with Crippen LogP contribution in [0.15, 0.2) is 35.7 Å². The van der Waals surface area contributed by atoms with Crippen molar-refractivity contribution in [3.8, 4) is 11.1 Å². The number of aromatic nitrogens is 2. The van der Waals surface area contributed by atoms with Gasteiger partial charge in [-0.05, 0) is 37.2 Å². The van der Waals surface area contributed by atoms with Gasteiger partial charge in [-0.25, -0.2) is 23.1 Å². The molecule has 1 N–H and O–H groups in total. The first kappa shape index (κ1) is 19.9. The number of nitrogens with zero attached hydrogens (tertiary/aromatic N) is 3. The molecule has 1 aromatic carbocycles. The van der Waals surface area contributed by atoms with Crippen molar-refractivity contribution in [3.05, 3.63) is 41.5 Å². The van der Waals surface area contributed by atoms with Gasteiger partial charge < -0.3 is 4.90 Å². The highest BCUT2D eigenvalue weighted by atomic mass is 32.2. The molecule has 2 aliphatic rings. The maximum Gasteiger partial charge on any atom is 0.208 e. The zero-order valence-electron chi connectivity index (χ0n) is 17.0.